The number of ether oxygens (including phenoxy) is 1. The van der Waals surface area contributed by atoms with Crippen LogP contribution in [0.15, 0.2) is 41.3 Å². The van der Waals surface area contributed by atoms with E-state index in [0.29, 0.717) is 29.1 Å². The summed E-state index contributed by atoms with van der Waals surface area (Å²) in [4.78, 5) is 17.2. The summed E-state index contributed by atoms with van der Waals surface area (Å²) in [6.07, 6.45) is 2.08. The Balaban J connectivity index is 2.11. The second-order valence-corrected chi connectivity index (χ2v) is 5.96. The number of hydrogen-bond acceptors (Lipinski definition) is 3. The number of fused-ring (bicyclic) bond motifs is 3. The molecule has 1 aromatic carbocycles. The summed E-state index contributed by atoms with van der Waals surface area (Å²) in [7, 11) is 0. The van der Waals surface area contributed by atoms with E-state index in [4.69, 9.17) is 16.3 Å². The maximum absolute atomic E-state index is 13.4. The molecule has 6 heteroatoms. The zero-order chi connectivity index (χ0) is 16.1. The molecule has 1 aliphatic rings. The summed E-state index contributed by atoms with van der Waals surface area (Å²) in [5.41, 5.74) is 1.34. The molecule has 4 nitrogen and oxygen atoms in total. The van der Waals surface area contributed by atoms with Crippen LogP contribution in [-0.2, 0) is 6.42 Å². The summed E-state index contributed by atoms with van der Waals surface area (Å²) in [6, 6.07) is 7.84. The van der Waals surface area contributed by atoms with Gasteiger partial charge in [-0.2, -0.15) is 0 Å². The maximum Gasteiger partial charge on any atom is 0.263 e. The molecule has 0 aliphatic carbocycles. The smallest absolute Gasteiger partial charge is 0.263 e. The standard InChI is InChI=1S/C17H12ClFN2O2/c1-9-7-12-15(23-9)11-3-2-6-20-16(11)21(17(12)22)10-4-5-14(19)13(18)8-10/h2-6,8-9H,7H2,1H3. The van der Waals surface area contributed by atoms with Gasteiger partial charge in [-0.25, -0.2) is 9.37 Å². The number of rotatable bonds is 1. The van der Waals surface area contributed by atoms with E-state index in [1.54, 1.807) is 12.3 Å². The molecule has 0 fully saturated rings. The molecule has 0 saturated heterocycles. The van der Waals surface area contributed by atoms with Crippen LogP contribution in [0.2, 0.25) is 5.02 Å². The van der Waals surface area contributed by atoms with Crippen molar-refractivity contribution in [3.05, 3.63) is 63.3 Å². The third-order valence-electron chi connectivity index (χ3n) is 3.95. The molecule has 2 aromatic heterocycles. The van der Waals surface area contributed by atoms with Gasteiger partial charge in [-0.1, -0.05) is 11.6 Å². The highest BCUT2D eigenvalue weighted by Crippen LogP contribution is 2.34. The Morgan fingerprint density at radius 1 is 1.39 bits per heavy atom. The van der Waals surface area contributed by atoms with E-state index < -0.39 is 5.82 Å². The molecule has 4 rings (SSSR count). The summed E-state index contributed by atoms with van der Waals surface area (Å²) < 4.78 is 20.7. The molecular formula is C17H12ClFN2O2. The number of nitrogens with zero attached hydrogens (tertiary/aromatic N) is 2. The van der Waals surface area contributed by atoms with Crippen LogP contribution >= 0.6 is 11.6 Å². The van der Waals surface area contributed by atoms with E-state index in [9.17, 15) is 9.18 Å². The van der Waals surface area contributed by atoms with Crippen LogP contribution in [0.4, 0.5) is 4.39 Å². The SMILES string of the molecule is CC1Cc2c(c3cccnc3n(-c3ccc(F)c(Cl)c3)c2=O)O1. The predicted molar refractivity (Wildman–Crippen MR) is 86.1 cm³/mol. The monoisotopic (exact) mass is 330 g/mol. The Morgan fingerprint density at radius 3 is 3.00 bits per heavy atom. The zero-order valence-electron chi connectivity index (χ0n) is 12.2. The van der Waals surface area contributed by atoms with Crippen molar-refractivity contribution in [2.75, 3.05) is 0 Å². The van der Waals surface area contributed by atoms with E-state index in [2.05, 4.69) is 4.98 Å². The summed E-state index contributed by atoms with van der Waals surface area (Å²) in [6.45, 7) is 1.92. The normalized spacial score (nSPS) is 16.4. The minimum absolute atomic E-state index is 0.0383. The molecule has 116 valence electrons. The molecule has 1 unspecified atom stereocenters. The predicted octanol–water partition coefficient (Wildman–Crippen LogP) is 3.50. The van der Waals surface area contributed by atoms with E-state index in [0.717, 1.165) is 5.39 Å². The third-order valence-corrected chi connectivity index (χ3v) is 4.24. The van der Waals surface area contributed by atoms with E-state index in [1.165, 1.54) is 22.8 Å². The fraction of sp³-hybridized carbons (Fsp3) is 0.176. The van der Waals surface area contributed by atoms with E-state index in [-0.39, 0.29) is 16.7 Å². The van der Waals surface area contributed by atoms with Gasteiger partial charge in [-0.15, -0.1) is 0 Å². The average molecular weight is 331 g/mol. The van der Waals surface area contributed by atoms with Crippen molar-refractivity contribution in [2.24, 2.45) is 0 Å². The summed E-state index contributed by atoms with van der Waals surface area (Å²) >= 11 is 5.87. The molecule has 0 radical (unpaired) electrons. The highest BCUT2D eigenvalue weighted by molar-refractivity contribution is 6.30. The molecule has 1 aliphatic heterocycles. The lowest BCUT2D eigenvalue weighted by molar-refractivity contribution is 0.257. The number of halogens is 2. The van der Waals surface area contributed by atoms with Crippen molar-refractivity contribution in [1.82, 2.24) is 9.55 Å². The molecule has 0 N–H and O–H groups in total. The molecule has 0 spiro atoms. The van der Waals surface area contributed by atoms with Gasteiger partial charge in [0.2, 0.25) is 0 Å². The van der Waals surface area contributed by atoms with Gasteiger partial charge in [-0.05, 0) is 37.3 Å². The van der Waals surface area contributed by atoms with Gasteiger partial charge in [0.05, 0.1) is 21.7 Å². The van der Waals surface area contributed by atoms with Gasteiger partial charge in [0.25, 0.3) is 5.56 Å². The van der Waals surface area contributed by atoms with Crippen molar-refractivity contribution in [2.45, 2.75) is 19.4 Å². The minimum atomic E-state index is -0.529. The number of pyridine rings is 2. The van der Waals surface area contributed by atoms with Gasteiger partial charge in [0.15, 0.2) is 5.65 Å². The van der Waals surface area contributed by atoms with Gasteiger partial charge in [-0.3, -0.25) is 9.36 Å². The number of hydrogen-bond donors (Lipinski definition) is 0. The zero-order valence-corrected chi connectivity index (χ0v) is 13.0. The van der Waals surface area contributed by atoms with Crippen molar-refractivity contribution in [3.63, 3.8) is 0 Å². The fourth-order valence-corrected chi connectivity index (χ4v) is 3.13. The van der Waals surface area contributed by atoms with Crippen LogP contribution < -0.4 is 10.3 Å². The first-order valence-corrected chi connectivity index (χ1v) is 7.59. The fourth-order valence-electron chi connectivity index (χ4n) is 2.95. The van der Waals surface area contributed by atoms with Crippen molar-refractivity contribution >= 4 is 22.6 Å². The Kier molecular flexibility index (Phi) is 3.13. The Labute approximate surface area is 136 Å². The van der Waals surface area contributed by atoms with Crippen molar-refractivity contribution in [3.8, 4) is 11.4 Å². The van der Waals surface area contributed by atoms with Crippen LogP contribution in [0.3, 0.4) is 0 Å². The van der Waals surface area contributed by atoms with Crippen LogP contribution in [0.1, 0.15) is 12.5 Å². The molecule has 3 heterocycles. The summed E-state index contributed by atoms with van der Waals surface area (Å²) in [5.74, 6) is 0.0638. The summed E-state index contributed by atoms with van der Waals surface area (Å²) in [5, 5.41) is 0.718. The quantitative estimate of drug-likeness (QED) is 0.686. The molecule has 23 heavy (non-hydrogen) atoms. The topological polar surface area (TPSA) is 44.1 Å². The highest BCUT2D eigenvalue weighted by atomic mass is 35.5. The second kappa shape index (κ2) is 5.06. The van der Waals surface area contributed by atoms with Crippen LogP contribution in [0, 0.1) is 5.82 Å². The molecule has 0 saturated carbocycles. The van der Waals surface area contributed by atoms with Gasteiger partial charge < -0.3 is 4.74 Å². The first-order valence-electron chi connectivity index (χ1n) is 7.21. The van der Waals surface area contributed by atoms with Gasteiger partial charge >= 0.3 is 0 Å². The Bertz CT molecular complexity index is 1000. The molecule has 0 bridgehead atoms. The maximum atomic E-state index is 13.4. The van der Waals surface area contributed by atoms with Gasteiger partial charge in [0.1, 0.15) is 17.7 Å². The minimum Gasteiger partial charge on any atom is -0.489 e. The second-order valence-electron chi connectivity index (χ2n) is 5.55. The molecule has 1 atom stereocenters. The largest absolute Gasteiger partial charge is 0.489 e. The van der Waals surface area contributed by atoms with Crippen LogP contribution in [0.5, 0.6) is 5.75 Å². The van der Waals surface area contributed by atoms with Crippen LogP contribution in [-0.4, -0.2) is 15.7 Å². The number of aromatic nitrogens is 2. The van der Waals surface area contributed by atoms with E-state index in [1.807, 2.05) is 13.0 Å². The lowest BCUT2D eigenvalue weighted by Crippen LogP contribution is -2.23. The lowest BCUT2D eigenvalue weighted by atomic mass is 10.1. The van der Waals surface area contributed by atoms with Gasteiger partial charge in [0, 0.05) is 12.6 Å². The van der Waals surface area contributed by atoms with Crippen molar-refractivity contribution in [1.29, 1.82) is 0 Å². The lowest BCUT2D eigenvalue weighted by Gasteiger charge is -2.13. The highest BCUT2D eigenvalue weighted by Gasteiger charge is 2.27. The third kappa shape index (κ3) is 2.11. The number of benzene rings is 1. The first-order chi connectivity index (χ1) is 11.1. The van der Waals surface area contributed by atoms with Crippen LogP contribution in [0.25, 0.3) is 16.7 Å². The van der Waals surface area contributed by atoms with E-state index >= 15 is 0 Å². The molecule has 0 amide bonds. The Morgan fingerprint density at radius 2 is 2.22 bits per heavy atom. The molecular weight excluding hydrogens is 319 g/mol. The van der Waals surface area contributed by atoms with Crippen molar-refractivity contribution < 1.29 is 9.13 Å². The first kappa shape index (κ1) is 14.2. The average Bonchev–Trinajstić information content (AvgIpc) is 2.93. The molecule has 3 aromatic rings. The Hall–Kier alpha value is -2.40.